The lowest BCUT2D eigenvalue weighted by Gasteiger charge is -2.10. The molecule has 3 aromatic rings. The van der Waals surface area contributed by atoms with Gasteiger partial charge in [0.15, 0.2) is 0 Å². The molecule has 0 aromatic heterocycles. The highest BCUT2D eigenvalue weighted by Gasteiger charge is 2.04. The van der Waals surface area contributed by atoms with E-state index < -0.39 is 0 Å². The fourth-order valence-corrected chi connectivity index (χ4v) is 2.64. The molecule has 1 amide bonds. The molecule has 3 rings (SSSR count). The maximum atomic E-state index is 12.2. The van der Waals surface area contributed by atoms with Crippen LogP contribution in [-0.2, 0) is 11.4 Å². The molecule has 0 spiro atoms. The Hall–Kier alpha value is -3.73. The minimum Gasteiger partial charge on any atom is -0.489 e. The average molecular weight is 402 g/mol. The van der Waals surface area contributed by atoms with Crippen LogP contribution in [0.5, 0.6) is 11.5 Å². The second kappa shape index (κ2) is 10.7. The Morgan fingerprint density at radius 3 is 2.07 bits per heavy atom. The van der Waals surface area contributed by atoms with E-state index in [0.29, 0.717) is 13.2 Å². The summed E-state index contributed by atoms with van der Waals surface area (Å²) >= 11 is 0. The Kier molecular flexibility index (Phi) is 7.50. The van der Waals surface area contributed by atoms with E-state index in [4.69, 9.17) is 9.47 Å². The van der Waals surface area contributed by atoms with Crippen molar-refractivity contribution in [2.45, 2.75) is 13.5 Å². The maximum Gasteiger partial charge on any atom is 0.243 e. The molecule has 0 saturated carbocycles. The summed E-state index contributed by atoms with van der Waals surface area (Å²) in [6, 6.07) is 24.8. The maximum absolute atomic E-state index is 12.2. The summed E-state index contributed by atoms with van der Waals surface area (Å²) in [6.07, 6.45) is 0. The summed E-state index contributed by atoms with van der Waals surface area (Å²) in [7, 11) is 0. The Balaban J connectivity index is 1.41. The third kappa shape index (κ3) is 7.02. The van der Waals surface area contributed by atoms with Gasteiger partial charge in [-0.15, -0.1) is 0 Å². The first-order valence-corrected chi connectivity index (χ1v) is 9.76. The molecule has 2 N–H and O–H groups in total. The number of hydrogen-bond donors (Lipinski definition) is 2. The molecule has 0 heterocycles. The van der Waals surface area contributed by atoms with Crippen molar-refractivity contribution in [1.29, 1.82) is 0 Å². The molecule has 5 heteroatoms. The average Bonchev–Trinajstić information content (AvgIpc) is 2.77. The van der Waals surface area contributed by atoms with Crippen molar-refractivity contribution < 1.29 is 14.3 Å². The normalized spacial score (nSPS) is 10.2. The predicted molar refractivity (Wildman–Crippen MR) is 121 cm³/mol. The molecule has 154 valence electrons. The van der Waals surface area contributed by atoms with Gasteiger partial charge in [0, 0.05) is 11.4 Å². The SMILES string of the molecule is C=C(C)COc1ccc(NCC(=O)Nc2ccc(OCc3ccccc3)cc2)cc1. The van der Waals surface area contributed by atoms with E-state index in [1.165, 1.54) is 0 Å². The third-order valence-electron chi connectivity index (χ3n) is 4.18. The van der Waals surface area contributed by atoms with Gasteiger partial charge in [0.25, 0.3) is 0 Å². The minimum absolute atomic E-state index is 0.129. The third-order valence-corrected chi connectivity index (χ3v) is 4.18. The predicted octanol–water partition coefficient (Wildman–Crippen LogP) is 5.27. The van der Waals surface area contributed by atoms with Gasteiger partial charge < -0.3 is 20.1 Å². The lowest BCUT2D eigenvalue weighted by atomic mass is 10.2. The van der Waals surface area contributed by atoms with Crippen LogP contribution in [0.1, 0.15) is 12.5 Å². The van der Waals surface area contributed by atoms with Crippen LogP contribution in [-0.4, -0.2) is 19.1 Å². The molecule has 0 aliphatic rings. The monoisotopic (exact) mass is 402 g/mol. The van der Waals surface area contributed by atoms with Crippen molar-refractivity contribution in [3.05, 3.63) is 96.6 Å². The summed E-state index contributed by atoms with van der Waals surface area (Å²) in [5.41, 5.74) is 3.64. The second-order valence-electron chi connectivity index (χ2n) is 6.97. The second-order valence-corrected chi connectivity index (χ2v) is 6.97. The molecular formula is C25H26N2O3. The molecule has 0 bridgehead atoms. The van der Waals surface area contributed by atoms with Gasteiger partial charge >= 0.3 is 0 Å². The number of rotatable bonds is 10. The van der Waals surface area contributed by atoms with Crippen molar-refractivity contribution in [2.24, 2.45) is 0 Å². The van der Waals surface area contributed by atoms with Crippen LogP contribution < -0.4 is 20.1 Å². The highest BCUT2D eigenvalue weighted by atomic mass is 16.5. The number of ether oxygens (including phenoxy) is 2. The quantitative estimate of drug-likeness (QED) is 0.454. The lowest BCUT2D eigenvalue weighted by molar-refractivity contribution is -0.114. The summed E-state index contributed by atoms with van der Waals surface area (Å²) in [6.45, 7) is 6.89. The van der Waals surface area contributed by atoms with E-state index in [2.05, 4.69) is 17.2 Å². The van der Waals surface area contributed by atoms with Gasteiger partial charge in [-0.2, -0.15) is 0 Å². The highest BCUT2D eigenvalue weighted by Crippen LogP contribution is 2.18. The number of benzene rings is 3. The van der Waals surface area contributed by atoms with Gasteiger partial charge in [0.05, 0.1) is 6.54 Å². The van der Waals surface area contributed by atoms with Crippen LogP contribution in [0.2, 0.25) is 0 Å². The van der Waals surface area contributed by atoms with Crippen molar-refractivity contribution in [3.63, 3.8) is 0 Å². The smallest absolute Gasteiger partial charge is 0.243 e. The van der Waals surface area contributed by atoms with Crippen molar-refractivity contribution >= 4 is 17.3 Å². The Morgan fingerprint density at radius 1 is 0.833 bits per heavy atom. The van der Waals surface area contributed by atoms with Crippen LogP contribution >= 0.6 is 0 Å². The van der Waals surface area contributed by atoms with Crippen LogP contribution in [0.3, 0.4) is 0 Å². The van der Waals surface area contributed by atoms with Crippen LogP contribution in [0, 0.1) is 0 Å². The zero-order valence-electron chi connectivity index (χ0n) is 17.1. The number of amides is 1. The Labute approximate surface area is 177 Å². The molecule has 30 heavy (non-hydrogen) atoms. The largest absolute Gasteiger partial charge is 0.489 e. The van der Waals surface area contributed by atoms with Crippen molar-refractivity contribution in [2.75, 3.05) is 23.8 Å². The Morgan fingerprint density at radius 2 is 1.43 bits per heavy atom. The van der Waals surface area contributed by atoms with Gasteiger partial charge in [0.2, 0.25) is 5.91 Å². The molecule has 0 unspecified atom stereocenters. The van der Waals surface area contributed by atoms with Crippen molar-refractivity contribution in [1.82, 2.24) is 0 Å². The molecule has 0 aliphatic heterocycles. The number of hydrogen-bond acceptors (Lipinski definition) is 4. The van der Waals surface area contributed by atoms with Crippen LogP contribution in [0.4, 0.5) is 11.4 Å². The van der Waals surface area contributed by atoms with E-state index in [9.17, 15) is 4.79 Å². The molecule has 5 nitrogen and oxygen atoms in total. The molecule has 0 fully saturated rings. The lowest BCUT2D eigenvalue weighted by Crippen LogP contribution is -2.21. The highest BCUT2D eigenvalue weighted by molar-refractivity contribution is 5.93. The van der Waals surface area contributed by atoms with E-state index in [-0.39, 0.29) is 12.5 Å². The molecule has 0 radical (unpaired) electrons. The van der Waals surface area contributed by atoms with Gasteiger partial charge in [-0.05, 0) is 66.6 Å². The zero-order chi connectivity index (χ0) is 21.2. The summed E-state index contributed by atoms with van der Waals surface area (Å²) in [5.74, 6) is 1.39. The van der Waals surface area contributed by atoms with Crippen LogP contribution in [0.15, 0.2) is 91.0 Å². The first kappa shape index (κ1) is 21.0. The molecular weight excluding hydrogens is 376 g/mol. The minimum atomic E-state index is -0.129. The van der Waals surface area contributed by atoms with Crippen molar-refractivity contribution in [3.8, 4) is 11.5 Å². The molecule has 0 saturated heterocycles. The first-order valence-electron chi connectivity index (χ1n) is 9.76. The van der Waals surface area contributed by atoms with E-state index >= 15 is 0 Å². The van der Waals surface area contributed by atoms with Gasteiger partial charge in [-0.25, -0.2) is 0 Å². The van der Waals surface area contributed by atoms with Gasteiger partial charge in [0.1, 0.15) is 24.7 Å². The molecule has 0 aliphatic carbocycles. The Bertz CT molecular complexity index is 952. The fourth-order valence-electron chi connectivity index (χ4n) is 2.64. The number of carbonyl (C=O) groups excluding carboxylic acids is 1. The van der Waals surface area contributed by atoms with Gasteiger partial charge in [-0.3, -0.25) is 4.79 Å². The molecule has 0 atom stereocenters. The summed E-state index contributed by atoms with van der Waals surface area (Å²) in [4.78, 5) is 12.2. The van der Waals surface area contributed by atoms with Crippen LogP contribution in [0.25, 0.3) is 0 Å². The van der Waals surface area contributed by atoms with E-state index in [0.717, 1.165) is 34.0 Å². The topological polar surface area (TPSA) is 59.6 Å². The summed E-state index contributed by atoms with van der Waals surface area (Å²) in [5, 5.41) is 5.96. The summed E-state index contributed by atoms with van der Waals surface area (Å²) < 4.78 is 11.3. The van der Waals surface area contributed by atoms with E-state index in [1.807, 2.05) is 85.8 Å². The number of carbonyl (C=O) groups is 1. The number of anilines is 2. The van der Waals surface area contributed by atoms with E-state index in [1.54, 1.807) is 0 Å². The fraction of sp³-hybridized carbons (Fsp3) is 0.160. The zero-order valence-corrected chi connectivity index (χ0v) is 17.1. The molecule has 3 aromatic carbocycles. The number of nitrogens with one attached hydrogen (secondary N) is 2. The van der Waals surface area contributed by atoms with Gasteiger partial charge in [-0.1, -0.05) is 36.9 Å². The standard InChI is InChI=1S/C25H26N2O3/c1-19(2)17-29-23-12-8-21(9-13-23)26-16-25(28)27-22-10-14-24(15-11-22)30-18-20-6-4-3-5-7-20/h3-15,26H,1,16-18H2,2H3,(H,27,28). The first-order chi connectivity index (χ1) is 14.6.